The number of rotatable bonds is 3. The van der Waals surface area contributed by atoms with Crippen LogP contribution in [0.3, 0.4) is 0 Å². The van der Waals surface area contributed by atoms with Crippen molar-refractivity contribution in [2.75, 3.05) is 6.54 Å². The predicted octanol–water partition coefficient (Wildman–Crippen LogP) is 2.65. The third kappa shape index (κ3) is 2.88. The Hall–Kier alpha value is -1.58. The number of nitrogens with two attached hydrogens (primary N) is 1. The van der Waals surface area contributed by atoms with Crippen molar-refractivity contribution >= 4 is 0 Å². The number of benzene rings is 1. The minimum atomic E-state index is -5.13. The Labute approximate surface area is 100 Å². The van der Waals surface area contributed by atoms with E-state index in [1.54, 1.807) is 0 Å². The number of hydrogen-bond acceptors (Lipinski definition) is 2. The highest BCUT2D eigenvalue weighted by molar-refractivity contribution is 5.30. The molecule has 1 aromatic rings. The van der Waals surface area contributed by atoms with Gasteiger partial charge >= 0.3 is 6.18 Å². The van der Waals surface area contributed by atoms with Crippen LogP contribution in [-0.2, 0) is 0 Å². The zero-order chi connectivity index (χ0) is 15.0. The first-order valence-corrected chi connectivity index (χ1v) is 4.56. The lowest BCUT2D eigenvalue weighted by molar-refractivity contribution is -0.192. The summed E-state index contributed by atoms with van der Waals surface area (Å²) in [7, 11) is 0. The van der Waals surface area contributed by atoms with Crippen molar-refractivity contribution in [3.05, 3.63) is 29.1 Å². The van der Waals surface area contributed by atoms with Gasteiger partial charge in [-0.25, -0.2) is 13.2 Å². The summed E-state index contributed by atoms with van der Waals surface area (Å²) < 4.78 is 105. The van der Waals surface area contributed by atoms with Crippen LogP contribution in [0.4, 0.5) is 35.1 Å². The molecule has 0 saturated heterocycles. The van der Waals surface area contributed by atoms with Gasteiger partial charge in [-0.3, -0.25) is 0 Å². The van der Waals surface area contributed by atoms with E-state index in [0.717, 1.165) is 0 Å². The number of hydrogen-bond donors (Lipinski definition) is 1. The van der Waals surface area contributed by atoms with E-state index in [-0.39, 0.29) is 0 Å². The summed E-state index contributed by atoms with van der Waals surface area (Å²) in [5.41, 5.74) is 4.66. The van der Waals surface area contributed by atoms with E-state index in [2.05, 4.69) is 10.5 Å². The van der Waals surface area contributed by atoms with Crippen LogP contribution >= 0.6 is 0 Å². The lowest BCUT2D eigenvalue weighted by Crippen LogP contribution is -2.41. The average Bonchev–Trinajstić information content (AvgIpc) is 2.32. The van der Waals surface area contributed by atoms with Crippen LogP contribution < -0.4 is 10.5 Å². The van der Waals surface area contributed by atoms with Crippen molar-refractivity contribution in [1.29, 1.82) is 0 Å². The Bertz CT molecular complexity index is 457. The fourth-order valence-electron chi connectivity index (χ4n) is 1.08. The molecule has 0 aliphatic carbocycles. The van der Waals surface area contributed by atoms with Crippen LogP contribution in [-0.4, -0.2) is 18.8 Å². The third-order valence-corrected chi connectivity index (χ3v) is 2.01. The van der Waals surface area contributed by atoms with Crippen LogP contribution in [0.15, 0.2) is 0 Å². The first kappa shape index (κ1) is 15.5. The second kappa shape index (κ2) is 5.19. The van der Waals surface area contributed by atoms with Gasteiger partial charge in [-0.2, -0.15) is 22.0 Å². The van der Waals surface area contributed by atoms with E-state index in [9.17, 15) is 35.1 Å². The van der Waals surface area contributed by atoms with Gasteiger partial charge in [-0.15, -0.1) is 0 Å². The van der Waals surface area contributed by atoms with E-state index in [4.69, 9.17) is 0 Å². The van der Waals surface area contributed by atoms with E-state index in [1.165, 1.54) is 0 Å². The van der Waals surface area contributed by atoms with Gasteiger partial charge in [-0.1, -0.05) is 0 Å². The molecule has 1 rings (SSSR count). The molecule has 0 aromatic heterocycles. The first-order valence-electron chi connectivity index (χ1n) is 4.56. The van der Waals surface area contributed by atoms with Crippen LogP contribution in [0.5, 0.6) is 5.75 Å². The van der Waals surface area contributed by atoms with Gasteiger partial charge in [0.25, 0.3) is 0 Å². The van der Waals surface area contributed by atoms with Crippen molar-refractivity contribution in [2.24, 2.45) is 5.73 Å². The molecular weight excluding hydrogens is 290 g/mol. The number of ether oxygens (including phenoxy) is 1. The average molecular weight is 295 g/mol. The van der Waals surface area contributed by atoms with Gasteiger partial charge in [0.15, 0.2) is 5.75 Å². The molecule has 0 amide bonds. The zero-order valence-corrected chi connectivity index (χ0v) is 8.79. The van der Waals surface area contributed by atoms with E-state index in [1.807, 2.05) is 0 Å². The lowest BCUT2D eigenvalue weighted by atomic mass is 10.2. The largest absolute Gasteiger partial charge is 0.473 e. The fraction of sp³-hybridized carbons (Fsp3) is 0.333. The van der Waals surface area contributed by atoms with Gasteiger partial charge < -0.3 is 10.5 Å². The fourth-order valence-corrected chi connectivity index (χ4v) is 1.08. The Kier molecular flexibility index (Phi) is 4.23. The van der Waals surface area contributed by atoms with Crippen molar-refractivity contribution in [3.8, 4) is 5.75 Å². The summed E-state index contributed by atoms with van der Waals surface area (Å²) in [6, 6.07) is 0. The molecule has 19 heavy (non-hydrogen) atoms. The maximum atomic E-state index is 13.0. The highest BCUT2D eigenvalue weighted by Gasteiger charge is 2.42. The van der Waals surface area contributed by atoms with Crippen LogP contribution in [0.1, 0.15) is 0 Å². The van der Waals surface area contributed by atoms with Gasteiger partial charge in [0.05, 0.1) is 0 Å². The molecule has 0 heterocycles. The molecule has 108 valence electrons. The van der Waals surface area contributed by atoms with E-state index < -0.39 is 53.7 Å². The second-order valence-corrected chi connectivity index (χ2v) is 3.28. The Morgan fingerprint density at radius 3 is 1.53 bits per heavy atom. The topological polar surface area (TPSA) is 35.2 Å². The van der Waals surface area contributed by atoms with E-state index >= 15 is 0 Å². The SMILES string of the molecule is NCC(Oc1c(F)c(F)c(F)c(F)c1F)C(F)(F)F. The summed E-state index contributed by atoms with van der Waals surface area (Å²) >= 11 is 0. The normalized spacial score (nSPS) is 13.5. The summed E-state index contributed by atoms with van der Waals surface area (Å²) in [5.74, 6) is -14.3. The molecule has 10 heteroatoms. The van der Waals surface area contributed by atoms with Gasteiger partial charge in [0, 0.05) is 6.54 Å². The zero-order valence-electron chi connectivity index (χ0n) is 8.79. The summed E-state index contributed by atoms with van der Waals surface area (Å²) in [4.78, 5) is 0. The molecule has 0 fully saturated rings. The quantitative estimate of drug-likeness (QED) is 0.528. The predicted molar refractivity (Wildman–Crippen MR) is 45.8 cm³/mol. The van der Waals surface area contributed by atoms with Gasteiger partial charge in [-0.05, 0) is 0 Å². The molecule has 0 bridgehead atoms. The number of alkyl halides is 3. The van der Waals surface area contributed by atoms with Crippen LogP contribution in [0.2, 0.25) is 0 Å². The van der Waals surface area contributed by atoms with Crippen molar-refractivity contribution < 1.29 is 39.9 Å². The second-order valence-electron chi connectivity index (χ2n) is 3.28. The lowest BCUT2D eigenvalue weighted by Gasteiger charge is -2.21. The maximum Gasteiger partial charge on any atom is 0.426 e. The molecule has 2 nitrogen and oxygen atoms in total. The molecule has 2 N–H and O–H groups in total. The monoisotopic (exact) mass is 295 g/mol. The Morgan fingerprint density at radius 1 is 0.842 bits per heavy atom. The third-order valence-electron chi connectivity index (χ3n) is 2.01. The minimum Gasteiger partial charge on any atom is -0.473 e. The van der Waals surface area contributed by atoms with Crippen molar-refractivity contribution in [2.45, 2.75) is 12.3 Å². The minimum absolute atomic E-state index is 1.26. The molecule has 1 aromatic carbocycles. The number of halogens is 8. The molecular formula is C9H5F8NO. The van der Waals surface area contributed by atoms with E-state index in [0.29, 0.717) is 0 Å². The highest BCUT2D eigenvalue weighted by Crippen LogP contribution is 2.32. The molecule has 1 atom stereocenters. The van der Waals surface area contributed by atoms with Crippen molar-refractivity contribution in [1.82, 2.24) is 0 Å². The van der Waals surface area contributed by atoms with Crippen LogP contribution in [0.25, 0.3) is 0 Å². The molecule has 1 unspecified atom stereocenters. The maximum absolute atomic E-state index is 13.0. The molecule has 0 aliphatic rings. The van der Waals surface area contributed by atoms with Crippen molar-refractivity contribution in [3.63, 3.8) is 0 Å². The van der Waals surface area contributed by atoms with Crippen LogP contribution in [0, 0.1) is 29.1 Å². The molecule has 0 spiro atoms. The first-order chi connectivity index (χ1) is 8.61. The Balaban J connectivity index is 3.29. The summed E-state index contributed by atoms with van der Waals surface area (Å²) in [6.45, 7) is -1.26. The summed E-state index contributed by atoms with van der Waals surface area (Å²) in [5, 5.41) is 0. The highest BCUT2D eigenvalue weighted by atomic mass is 19.4. The standard InChI is InChI=1S/C9H5F8NO/c10-3-4(11)6(13)8(7(14)5(3)12)19-2(1-18)9(15,16)17/h2H,1,18H2. The smallest absolute Gasteiger partial charge is 0.426 e. The molecule has 0 radical (unpaired) electrons. The molecule has 0 saturated carbocycles. The van der Waals surface area contributed by atoms with Gasteiger partial charge in [0.2, 0.25) is 35.2 Å². The summed E-state index contributed by atoms with van der Waals surface area (Å²) in [6.07, 6.45) is -8.03. The van der Waals surface area contributed by atoms with Gasteiger partial charge in [0.1, 0.15) is 0 Å². The molecule has 0 aliphatic heterocycles. The Morgan fingerprint density at radius 2 is 1.21 bits per heavy atom.